The van der Waals surface area contributed by atoms with Gasteiger partial charge in [-0.1, -0.05) is 12.1 Å². The molecule has 4 N–H and O–H groups in total. The van der Waals surface area contributed by atoms with E-state index in [1.165, 1.54) is 0 Å². The largest absolute Gasteiger partial charge is 0.381 e. The molecule has 1 aromatic rings. The number of imide groups is 1. The van der Waals surface area contributed by atoms with Crippen LogP contribution in [0.25, 0.3) is 0 Å². The van der Waals surface area contributed by atoms with E-state index in [0.29, 0.717) is 43.0 Å². The molecular weight excluding hydrogens is 384 g/mol. The van der Waals surface area contributed by atoms with Gasteiger partial charge in [0.1, 0.15) is 6.04 Å². The fraction of sp³-hybridized carbons (Fsp3) is 0.591. The molecular formula is C22H28N4O4. The van der Waals surface area contributed by atoms with Gasteiger partial charge in [-0.25, -0.2) is 0 Å². The van der Waals surface area contributed by atoms with Gasteiger partial charge < -0.3 is 20.7 Å². The number of nitrogens with two attached hydrogens (primary N) is 1. The van der Waals surface area contributed by atoms with E-state index in [-0.39, 0.29) is 30.2 Å². The van der Waals surface area contributed by atoms with Crippen molar-refractivity contribution in [1.29, 1.82) is 0 Å². The summed E-state index contributed by atoms with van der Waals surface area (Å²) < 4.78 is 5.75. The van der Waals surface area contributed by atoms with E-state index in [9.17, 15) is 14.4 Å². The molecule has 1 saturated carbocycles. The highest BCUT2D eigenvalue weighted by Gasteiger charge is 2.41. The summed E-state index contributed by atoms with van der Waals surface area (Å²) in [5.74, 6) is 0.0671. The van der Waals surface area contributed by atoms with Crippen LogP contribution in [0.3, 0.4) is 0 Å². The van der Waals surface area contributed by atoms with Gasteiger partial charge in [-0.2, -0.15) is 0 Å². The van der Waals surface area contributed by atoms with Crippen molar-refractivity contribution in [3.8, 4) is 0 Å². The Kier molecular flexibility index (Phi) is 5.08. The van der Waals surface area contributed by atoms with E-state index in [0.717, 1.165) is 37.2 Å². The second-order valence-corrected chi connectivity index (χ2v) is 9.04. The molecule has 2 saturated heterocycles. The molecule has 160 valence electrons. The Balaban J connectivity index is 1.31. The maximum absolute atomic E-state index is 13.0. The molecule has 3 heterocycles. The number of nitrogens with one attached hydrogen (secondary N) is 2. The summed E-state index contributed by atoms with van der Waals surface area (Å²) in [5, 5.41) is 6.08. The number of benzene rings is 1. The van der Waals surface area contributed by atoms with Gasteiger partial charge in [-0.3, -0.25) is 19.7 Å². The van der Waals surface area contributed by atoms with Crippen molar-refractivity contribution in [1.82, 2.24) is 15.5 Å². The fourth-order valence-corrected chi connectivity index (χ4v) is 5.64. The maximum atomic E-state index is 13.0. The predicted octanol–water partition coefficient (Wildman–Crippen LogP) is 0.290. The van der Waals surface area contributed by atoms with Crippen LogP contribution >= 0.6 is 0 Å². The van der Waals surface area contributed by atoms with Gasteiger partial charge in [-0.15, -0.1) is 0 Å². The van der Waals surface area contributed by atoms with Gasteiger partial charge in [0.2, 0.25) is 11.8 Å². The fourth-order valence-electron chi connectivity index (χ4n) is 5.64. The molecule has 1 aliphatic carbocycles. The highest BCUT2D eigenvalue weighted by molar-refractivity contribution is 6.05. The van der Waals surface area contributed by atoms with Gasteiger partial charge in [0, 0.05) is 37.2 Å². The van der Waals surface area contributed by atoms with Crippen LogP contribution in [-0.2, 0) is 27.4 Å². The molecule has 5 rings (SSSR count). The van der Waals surface area contributed by atoms with Crippen LogP contribution in [0, 0.1) is 11.8 Å². The number of nitrogens with zero attached hydrogens (tertiary/aromatic N) is 1. The Morgan fingerprint density at radius 1 is 1.17 bits per heavy atom. The molecule has 0 aromatic heterocycles. The predicted molar refractivity (Wildman–Crippen MR) is 108 cm³/mol. The van der Waals surface area contributed by atoms with Crippen molar-refractivity contribution in [2.24, 2.45) is 17.6 Å². The topological polar surface area (TPSA) is 114 Å². The molecule has 2 bridgehead atoms. The first-order chi connectivity index (χ1) is 14.5. The van der Waals surface area contributed by atoms with Gasteiger partial charge in [-0.05, 0) is 48.3 Å². The summed E-state index contributed by atoms with van der Waals surface area (Å²) in [6.07, 6.45) is 2.59. The molecule has 30 heavy (non-hydrogen) atoms. The number of amides is 3. The van der Waals surface area contributed by atoms with E-state index < -0.39 is 6.04 Å². The Morgan fingerprint density at radius 2 is 1.93 bits per heavy atom. The number of fused-ring (bicyclic) bond motifs is 3. The van der Waals surface area contributed by atoms with Crippen LogP contribution in [0.15, 0.2) is 18.2 Å². The summed E-state index contributed by atoms with van der Waals surface area (Å²) in [7, 11) is 0. The third-order valence-corrected chi connectivity index (χ3v) is 7.10. The summed E-state index contributed by atoms with van der Waals surface area (Å²) >= 11 is 0. The molecule has 0 radical (unpaired) electrons. The first-order valence-electron chi connectivity index (χ1n) is 10.8. The number of carbonyl (C=O) groups is 3. The van der Waals surface area contributed by atoms with Crippen molar-refractivity contribution < 1.29 is 19.1 Å². The highest BCUT2D eigenvalue weighted by atomic mass is 16.5. The zero-order chi connectivity index (χ0) is 20.8. The van der Waals surface area contributed by atoms with Gasteiger partial charge in [0.05, 0.1) is 13.2 Å². The van der Waals surface area contributed by atoms with Crippen LogP contribution in [0.4, 0.5) is 0 Å². The zero-order valence-corrected chi connectivity index (χ0v) is 16.9. The SMILES string of the molecule is NC1C[C@H]2COC[C@@H](C1)C2NCc1cccc2c1CN(C1CCC(=O)NC1=O)C2=O. The second-order valence-electron chi connectivity index (χ2n) is 9.04. The second kappa shape index (κ2) is 7.76. The van der Waals surface area contributed by atoms with Gasteiger partial charge in [0.25, 0.3) is 5.91 Å². The van der Waals surface area contributed by atoms with Gasteiger partial charge in [0.15, 0.2) is 0 Å². The molecule has 4 aliphatic rings. The van der Waals surface area contributed by atoms with E-state index in [4.69, 9.17) is 10.5 Å². The van der Waals surface area contributed by atoms with Crippen molar-refractivity contribution in [2.45, 2.75) is 56.9 Å². The summed E-state index contributed by atoms with van der Waals surface area (Å²) in [4.78, 5) is 38.3. The average molecular weight is 412 g/mol. The first kappa shape index (κ1) is 19.7. The Labute approximate surface area is 175 Å². The molecule has 3 aliphatic heterocycles. The normalized spacial score (nSPS) is 33.4. The van der Waals surface area contributed by atoms with Crippen molar-refractivity contribution in [2.75, 3.05) is 13.2 Å². The quantitative estimate of drug-likeness (QED) is 0.613. The Bertz CT molecular complexity index is 874. The number of rotatable bonds is 4. The standard InChI is InChI=1S/C22H28N4O4/c23-15-6-13-10-30-11-14(7-15)20(13)24-8-12-2-1-3-16-17(12)9-26(22(16)29)18-4-5-19(27)25-21(18)28/h1-3,13-15,18,20,24H,4-11,23H2,(H,25,27,28)/t13-,14+,15?,18?,20?. The number of hydrogen-bond donors (Lipinski definition) is 3. The van der Waals surface area contributed by atoms with Crippen LogP contribution in [-0.4, -0.2) is 54.0 Å². The summed E-state index contributed by atoms with van der Waals surface area (Å²) in [6, 6.07) is 5.83. The molecule has 3 fully saturated rings. The van der Waals surface area contributed by atoms with Crippen molar-refractivity contribution >= 4 is 17.7 Å². The molecule has 1 aromatic carbocycles. The Morgan fingerprint density at radius 3 is 2.67 bits per heavy atom. The minimum atomic E-state index is -0.584. The third kappa shape index (κ3) is 3.42. The van der Waals surface area contributed by atoms with Crippen LogP contribution in [0.2, 0.25) is 0 Å². The smallest absolute Gasteiger partial charge is 0.255 e. The van der Waals surface area contributed by atoms with Crippen LogP contribution in [0.5, 0.6) is 0 Å². The number of piperidine rings is 1. The van der Waals surface area contributed by atoms with E-state index in [1.807, 2.05) is 18.2 Å². The third-order valence-electron chi connectivity index (χ3n) is 7.10. The molecule has 3 unspecified atom stereocenters. The minimum Gasteiger partial charge on any atom is -0.381 e. The van der Waals surface area contributed by atoms with Crippen molar-refractivity contribution in [3.63, 3.8) is 0 Å². The maximum Gasteiger partial charge on any atom is 0.255 e. The van der Waals surface area contributed by atoms with Gasteiger partial charge >= 0.3 is 0 Å². The van der Waals surface area contributed by atoms with Crippen molar-refractivity contribution in [3.05, 3.63) is 34.9 Å². The summed E-state index contributed by atoms with van der Waals surface area (Å²) in [5.41, 5.74) is 8.94. The molecule has 0 spiro atoms. The molecule has 8 heteroatoms. The number of ether oxygens (including phenoxy) is 1. The lowest BCUT2D eigenvalue weighted by molar-refractivity contribution is -0.136. The minimum absolute atomic E-state index is 0.129. The monoisotopic (exact) mass is 412 g/mol. The Hall–Kier alpha value is -2.29. The van der Waals surface area contributed by atoms with Crippen LogP contribution < -0.4 is 16.4 Å². The lowest BCUT2D eigenvalue weighted by atomic mass is 9.73. The van der Waals surface area contributed by atoms with E-state index in [1.54, 1.807) is 4.90 Å². The average Bonchev–Trinajstić information content (AvgIpc) is 3.03. The zero-order valence-electron chi connectivity index (χ0n) is 16.9. The number of carbonyl (C=O) groups excluding carboxylic acids is 3. The molecule has 8 nitrogen and oxygen atoms in total. The molecule has 3 amide bonds. The number of hydrogen-bond acceptors (Lipinski definition) is 6. The van der Waals surface area contributed by atoms with E-state index in [2.05, 4.69) is 10.6 Å². The first-order valence-corrected chi connectivity index (χ1v) is 10.8. The summed E-state index contributed by atoms with van der Waals surface area (Å²) in [6.45, 7) is 2.57. The highest BCUT2D eigenvalue weighted by Crippen LogP contribution is 2.34. The lowest BCUT2D eigenvalue weighted by Gasteiger charge is -2.45. The lowest BCUT2D eigenvalue weighted by Crippen LogP contribution is -2.55. The van der Waals surface area contributed by atoms with E-state index >= 15 is 0 Å². The molecule has 5 atom stereocenters. The van der Waals surface area contributed by atoms with Crippen LogP contribution in [0.1, 0.15) is 47.2 Å².